The Balaban J connectivity index is 1.79. The fourth-order valence-electron chi connectivity index (χ4n) is 4.23. The molecule has 0 amide bonds. The topological polar surface area (TPSA) is 15.3 Å². The third kappa shape index (κ3) is 4.19. The summed E-state index contributed by atoms with van der Waals surface area (Å²) in [6, 6.07) is 0.848. The first-order valence-electron chi connectivity index (χ1n) is 8.54. The minimum atomic E-state index is 0.451. The van der Waals surface area contributed by atoms with E-state index in [1.807, 2.05) is 0 Å². The molecule has 2 saturated carbocycles. The Labute approximate surface area is 120 Å². The molecule has 2 atom stereocenters. The van der Waals surface area contributed by atoms with Crippen molar-refractivity contribution in [2.75, 3.05) is 20.6 Å². The Morgan fingerprint density at radius 1 is 1.11 bits per heavy atom. The van der Waals surface area contributed by atoms with Gasteiger partial charge in [-0.15, -0.1) is 0 Å². The predicted octanol–water partition coefficient (Wildman–Crippen LogP) is 3.81. The van der Waals surface area contributed by atoms with E-state index in [2.05, 4.69) is 31.2 Å². The zero-order valence-corrected chi connectivity index (χ0v) is 13.4. The summed E-state index contributed by atoms with van der Waals surface area (Å²) in [4.78, 5) is 2.66. The molecule has 0 aromatic heterocycles. The molecule has 2 aliphatic carbocycles. The highest BCUT2D eigenvalue weighted by molar-refractivity contribution is 4.91. The highest BCUT2D eigenvalue weighted by atomic mass is 15.1. The second-order valence-corrected chi connectivity index (χ2v) is 7.25. The smallest absolute Gasteiger partial charge is 0.0190 e. The molecule has 1 N–H and O–H groups in total. The summed E-state index contributed by atoms with van der Waals surface area (Å²) in [6.07, 6.45) is 14.1. The maximum absolute atomic E-state index is 3.66. The molecular weight excluding hydrogens is 232 g/mol. The largest absolute Gasteiger partial charge is 0.314 e. The van der Waals surface area contributed by atoms with Gasteiger partial charge < -0.3 is 10.2 Å². The van der Waals surface area contributed by atoms with Gasteiger partial charge in [0.15, 0.2) is 0 Å². The summed E-state index contributed by atoms with van der Waals surface area (Å²) in [7, 11) is 4.53. The summed E-state index contributed by atoms with van der Waals surface area (Å²) in [5.41, 5.74) is 0.451. The lowest BCUT2D eigenvalue weighted by molar-refractivity contribution is 0.134. The standard InChI is InChI=1S/C17H34N2/c1-15-8-7-9-16(14-15)19(3)13-12-17(18-2)10-5-4-6-11-17/h15-16,18H,4-14H2,1-3H3. The van der Waals surface area contributed by atoms with Crippen LogP contribution in [0.2, 0.25) is 0 Å². The van der Waals surface area contributed by atoms with E-state index in [1.165, 1.54) is 70.8 Å². The molecule has 0 spiro atoms. The van der Waals surface area contributed by atoms with Crippen molar-refractivity contribution in [3.8, 4) is 0 Å². The van der Waals surface area contributed by atoms with E-state index in [-0.39, 0.29) is 0 Å². The lowest BCUT2D eigenvalue weighted by atomic mass is 9.79. The van der Waals surface area contributed by atoms with Crippen molar-refractivity contribution >= 4 is 0 Å². The van der Waals surface area contributed by atoms with Crippen LogP contribution >= 0.6 is 0 Å². The summed E-state index contributed by atoms with van der Waals surface area (Å²) in [5, 5.41) is 3.66. The summed E-state index contributed by atoms with van der Waals surface area (Å²) in [6.45, 7) is 3.70. The van der Waals surface area contributed by atoms with Crippen LogP contribution < -0.4 is 5.32 Å². The van der Waals surface area contributed by atoms with Crippen LogP contribution in [0.1, 0.15) is 71.1 Å². The average Bonchev–Trinajstić information content (AvgIpc) is 2.46. The van der Waals surface area contributed by atoms with Crippen LogP contribution in [-0.2, 0) is 0 Å². The summed E-state index contributed by atoms with van der Waals surface area (Å²) < 4.78 is 0. The molecule has 0 aromatic carbocycles. The van der Waals surface area contributed by atoms with Crippen LogP contribution in [0.15, 0.2) is 0 Å². The maximum Gasteiger partial charge on any atom is 0.0190 e. The zero-order valence-electron chi connectivity index (χ0n) is 13.4. The van der Waals surface area contributed by atoms with Gasteiger partial charge in [-0.05, 0) is 58.7 Å². The molecule has 2 heteroatoms. The molecule has 0 aliphatic heterocycles. The molecule has 2 rings (SSSR count). The van der Waals surface area contributed by atoms with Crippen molar-refractivity contribution < 1.29 is 0 Å². The van der Waals surface area contributed by atoms with Gasteiger partial charge in [-0.1, -0.05) is 39.0 Å². The van der Waals surface area contributed by atoms with Crippen molar-refractivity contribution in [3.05, 3.63) is 0 Å². The van der Waals surface area contributed by atoms with Gasteiger partial charge in [0.25, 0.3) is 0 Å². The number of hydrogen-bond acceptors (Lipinski definition) is 2. The van der Waals surface area contributed by atoms with Crippen LogP contribution in [0.4, 0.5) is 0 Å². The van der Waals surface area contributed by atoms with E-state index in [1.54, 1.807) is 0 Å². The number of rotatable bonds is 5. The molecule has 2 unspecified atom stereocenters. The minimum Gasteiger partial charge on any atom is -0.314 e. The van der Waals surface area contributed by atoms with Gasteiger partial charge in [0.1, 0.15) is 0 Å². The highest BCUT2D eigenvalue weighted by Crippen LogP contribution is 2.32. The van der Waals surface area contributed by atoms with E-state index in [9.17, 15) is 0 Å². The first-order chi connectivity index (χ1) is 9.15. The molecule has 0 saturated heterocycles. The lowest BCUT2D eigenvalue weighted by Crippen LogP contribution is -2.48. The Bertz CT molecular complexity index is 258. The molecule has 0 radical (unpaired) electrons. The van der Waals surface area contributed by atoms with Crippen LogP contribution in [0.5, 0.6) is 0 Å². The van der Waals surface area contributed by atoms with Gasteiger partial charge in [-0.2, -0.15) is 0 Å². The van der Waals surface area contributed by atoms with Crippen LogP contribution in [0, 0.1) is 5.92 Å². The molecule has 19 heavy (non-hydrogen) atoms. The molecule has 0 aromatic rings. The van der Waals surface area contributed by atoms with Gasteiger partial charge >= 0.3 is 0 Å². The second-order valence-electron chi connectivity index (χ2n) is 7.25. The zero-order chi connectivity index (χ0) is 13.7. The molecule has 112 valence electrons. The monoisotopic (exact) mass is 266 g/mol. The van der Waals surface area contributed by atoms with Crippen LogP contribution in [-0.4, -0.2) is 37.1 Å². The minimum absolute atomic E-state index is 0.451. The van der Waals surface area contributed by atoms with Gasteiger partial charge in [0.05, 0.1) is 0 Å². The van der Waals surface area contributed by atoms with Crippen molar-refractivity contribution in [3.63, 3.8) is 0 Å². The molecule has 2 fully saturated rings. The van der Waals surface area contributed by atoms with Gasteiger partial charge in [-0.3, -0.25) is 0 Å². The van der Waals surface area contributed by atoms with Crippen molar-refractivity contribution in [2.45, 2.75) is 82.7 Å². The number of hydrogen-bond donors (Lipinski definition) is 1. The fourth-order valence-corrected chi connectivity index (χ4v) is 4.23. The molecule has 0 bridgehead atoms. The molecule has 2 aliphatic rings. The van der Waals surface area contributed by atoms with Crippen molar-refractivity contribution in [1.82, 2.24) is 10.2 Å². The van der Waals surface area contributed by atoms with Crippen molar-refractivity contribution in [2.24, 2.45) is 5.92 Å². The number of nitrogens with zero attached hydrogens (tertiary/aromatic N) is 1. The Kier molecular flexibility index (Phi) is 5.70. The average molecular weight is 266 g/mol. The maximum atomic E-state index is 3.66. The fraction of sp³-hybridized carbons (Fsp3) is 1.00. The van der Waals surface area contributed by atoms with E-state index in [0.29, 0.717) is 5.54 Å². The Hall–Kier alpha value is -0.0800. The number of nitrogens with one attached hydrogen (secondary N) is 1. The molecule has 2 nitrogen and oxygen atoms in total. The Morgan fingerprint density at radius 2 is 1.84 bits per heavy atom. The van der Waals surface area contributed by atoms with Crippen molar-refractivity contribution in [1.29, 1.82) is 0 Å². The third-order valence-corrected chi connectivity index (χ3v) is 5.82. The summed E-state index contributed by atoms with van der Waals surface area (Å²) >= 11 is 0. The third-order valence-electron chi connectivity index (χ3n) is 5.82. The molecule has 0 heterocycles. The van der Waals surface area contributed by atoms with E-state index >= 15 is 0 Å². The lowest BCUT2D eigenvalue weighted by Gasteiger charge is -2.40. The van der Waals surface area contributed by atoms with Crippen LogP contribution in [0.3, 0.4) is 0 Å². The van der Waals surface area contributed by atoms with E-state index in [4.69, 9.17) is 0 Å². The van der Waals surface area contributed by atoms with E-state index in [0.717, 1.165) is 12.0 Å². The van der Waals surface area contributed by atoms with Gasteiger partial charge in [-0.25, -0.2) is 0 Å². The van der Waals surface area contributed by atoms with Gasteiger partial charge in [0, 0.05) is 11.6 Å². The van der Waals surface area contributed by atoms with Crippen LogP contribution in [0.25, 0.3) is 0 Å². The van der Waals surface area contributed by atoms with Gasteiger partial charge in [0.2, 0.25) is 0 Å². The first-order valence-corrected chi connectivity index (χ1v) is 8.54. The quantitative estimate of drug-likeness (QED) is 0.814. The molecular formula is C17H34N2. The predicted molar refractivity (Wildman–Crippen MR) is 83.5 cm³/mol. The van der Waals surface area contributed by atoms with E-state index < -0.39 is 0 Å². The summed E-state index contributed by atoms with van der Waals surface area (Å²) in [5.74, 6) is 0.939. The normalized spacial score (nSPS) is 31.6. The first kappa shape index (κ1) is 15.3. The SMILES string of the molecule is CNC1(CCN(C)C2CCCC(C)C2)CCCCC1. The highest BCUT2D eigenvalue weighted by Gasteiger charge is 2.31. The second kappa shape index (κ2) is 7.08. The Morgan fingerprint density at radius 3 is 2.47 bits per heavy atom.